The van der Waals surface area contributed by atoms with E-state index in [0.29, 0.717) is 42.2 Å². The predicted octanol–water partition coefficient (Wildman–Crippen LogP) is 4.23. The van der Waals surface area contributed by atoms with Crippen LogP contribution in [0.1, 0.15) is 11.4 Å². The van der Waals surface area contributed by atoms with Crippen LogP contribution in [-0.2, 0) is 11.3 Å². The fraction of sp³-hybridized carbons (Fsp3) is 0.208. The van der Waals surface area contributed by atoms with Crippen LogP contribution in [0.2, 0.25) is 0 Å². The number of carbonyl (C=O) groups excluding carboxylic acids is 1. The molecule has 1 amide bonds. The average Bonchev–Trinajstić information content (AvgIpc) is 3.40. The van der Waals surface area contributed by atoms with E-state index >= 15 is 0 Å². The van der Waals surface area contributed by atoms with E-state index in [9.17, 15) is 4.79 Å². The van der Waals surface area contributed by atoms with Gasteiger partial charge in [-0.1, -0.05) is 18.2 Å². The van der Waals surface area contributed by atoms with Gasteiger partial charge in [0, 0.05) is 28.7 Å². The molecule has 5 rings (SSSR count). The molecule has 8 heteroatoms. The molecule has 1 N–H and O–H groups in total. The maximum Gasteiger partial charge on any atom is 0.249 e. The van der Waals surface area contributed by atoms with Crippen LogP contribution < -0.4 is 14.8 Å². The zero-order chi connectivity index (χ0) is 22.1. The van der Waals surface area contributed by atoms with E-state index in [0.717, 1.165) is 22.5 Å². The Morgan fingerprint density at radius 3 is 2.53 bits per heavy atom. The quantitative estimate of drug-likeness (QED) is 0.509. The molecule has 8 nitrogen and oxygen atoms in total. The number of nitrogens with zero attached hydrogens (tertiary/aromatic N) is 3. The van der Waals surface area contributed by atoms with Crippen LogP contribution in [0.3, 0.4) is 0 Å². The second-order valence-electron chi connectivity index (χ2n) is 7.56. The Kier molecular flexibility index (Phi) is 5.10. The number of hydrogen-bond acceptors (Lipinski definition) is 6. The van der Waals surface area contributed by atoms with Crippen molar-refractivity contribution in [3.63, 3.8) is 0 Å². The number of aromatic nitrogens is 3. The van der Waals surface area contributed by atoms with Gasteiger partial charge < -0.3 is 23.8 Å². The van der Waals surface area contributed by atoms with Gasteiger partial charge in [0.2, 0.25) is 17.7 Å². The monoisotopic (exact) mass is 430 g/mol. The fourth-order valence-electron chi connectivity index (χ4n) is 3.76. The number of ether oxygens (including phenoxy) is 2. The molecule has 0 atom stereocenters. The number of fused-ring (bicyclic) bond motifs is 1. The lowest BCUT2D eigenvalue weighted by atomic mass is 10.2. The molecule has 0 saturated heterocycles. The summed E-state index contributed by atoms with van der Waals surface area (Å²) in [7, 11) is 0. The van der Waals surface area contributed by atoms with Crippen molar-refractivity contribution in [1.82, 2.24) is 14.8 Å². The minimum Gasteiger partial charge on any atom is -0.486 e. The van der Waals surface area contributed by atoms with Crippen LogP contribution in [0.4, 0.5) is 5.69 Å². The first-order valence-corrected chi connectivity index (χ1v) is 10.3. The zero-order valence-electron chi connectivity index (χ0n) is 17.8. The summed E-state index contributed by atoms with van der Waals surface area (Å²) in [6, 6.07) is 16.9. The van der Waals surface area contributed by atoms with E-state index in [1.807, 2.05) is 54.8 Å². The van der Waals surface area contributed by atoms with E-state index in [4.69, 9.17) is 13.9 Å². The lowest BCUT2D eigenvalue weighted by molar-refractivity contribution is -0.116. The van der Waals surface area contributed by atoms with Crippen LogP contribution in [-0.4, -0.2) is 33.9 Å². The molecule has 0 saturated carbocycles. The predicted molar refractivity (Wildman–Crippen MR) is 119 cm³/mol. The molecule has 2 aromatic heterocycles. The molecular formula is C24H22N4O4. The van der Waals surface area contributed by atoms with Crippen LogP contribution in [0.15, 0.2) is 59.0 Å². The van der Waals surface area contributed by atoms with Gasteiger partial charge in [0.25, 0.3) is 0 Å². The highest BCUT2D eigenvalue weighted by molar-refractivity contribution is 5.91. The third-order valence-electron chi connectivity index (χ3n) is 5.38. The van der Waals surface area contributed by atoms with Gasteiger partial charge in [0.1, 0.15) is 19.8 Å². The molecule has 2 aromatic carbocycles. The molecule has 0 spiro atoms. The summed E-state index contributed by atoms with van der Waals surface area (Å²) >= 11 is 0. The van der Waals surface area contributed by atoms with Crippen LogP contribution in [0, 0.1) is 13.8 Å². The van der Waals surface area contributed by atoms with Crippen molar-refractivity contribution >= 4 is 11.6 Å². The number of benzene rings is 2. The van der Waals surface area contributed by atoms with Crippen molar-refractivity contribution in [2.75, 3.05) is 18.5 Å². The lowest BCUT2D eigenvalue weighted by Crippen LogP contribution is -2.20. The van der Waals surface area contributed by atoms with Crippen LogP contribution >= 0.6 is 0 Å². The van der Waals surface area contributed by atoms with Gasteiger partial charge >= 0.3 is 0 Å². The Bertz CT molecular complexity index is 1280. The Morgan fingerprint density at radius 2 is 1.72 bits per heavy atom. The average molecular weight is 430 g/mol. The maximum atomic E-state index is 12.7. The number of amides is 1. The molecular weight excluding hydrogens is 408 g/mol. The third-order valence-corrected chi connectivity index (χ3v) is 5.38. The molecule has 32 heavy (non-hydrogen) atoms. The summed E-state index contributed by atoms with van der Waals surface area (Å²) in [5.74, 6) is 2.06. The number of hydrogen-bond donors (Lipinski definition) is 1. The topological polar surface area (TPSA) is 91.4 Å². The molecule has 0 radical (unpaired) electrons. The smallest absolute Gasteiger partial charge is 0.249 e. The molecule has 3 heterocycles. The van der Waals surface area contributed by atoms with Crippen molar-refractivity contribution in [3.8, 4) is 34.4 Å². The molecule has 162 valence electrons. The van der Waals surface area contributed by atoms with Crippen molar-refractivity contribution in [3.05, 3.63) is 66.0 Å². The van der Waals surface area contributed by atoms with Gasteiger partial charge in [-0.3, -0.25) is 4.79 Å². The van der Waals surface area contributed by atoms with Gasteiger partial charge in [0.15, 0.2) is 11.5 Å². The molecule has 0 bridgehead atoms. The SMILES string of the molecule is Cc1cc(-c2nnc(-c3ccccc3)o2)c(C)n1CC(=O)Nc1ccc2c(c1)OCCO2. The first-order valence-electron chi connectivity index (χ1n) is 10.3. The minimum atomic E-state index is -0.148. The standard InChI is InChI=1S/C24H22N4O4/c1-15-12-19(24-27-26-23(32-24)17-6-4-3-5-7-17)16(2)28(15)14-22(29)25-18-8-9-20-21(13-18)31-11-10-30-20/h3-9,12-13H,10-11,14H2,1-2H3,(H,25,29). The van der Waals surface area contributed by atoms with Gasteiger partial charge in [-0.15, -0.1) is 10.2 Å². The van der Waals surface area contributed by atoms with Gasteiger partial charge in [0.05, 0.1) is 5.56 Å². The highest BCUT2D eigenvalue weighted by Gasteiger charge is 2.19. The Labute approximate surface area is 184 Å². The molecule has 1 aliphatic rings. The molecule has 0 aliphatic carbocycles. The van der Waals surface area contributed by atoms with E-state index in [1.54, 1.807) is 18.2 Å². The van der Waals surface area contributed by atoms with Crippen molar-refractivity contribution in [2.45, 2.75) is 20.4 Å². The second-order valence-corrected chi connectivity index (χ2v) is 7.56. The highest BCUT2D eigenvalue weighted by atomic mass is 16.6. The van der Waals surface area contributed by atoms with Crippen molar-refractivity contribution < 1.29 is 18.7 Å². The third kappa shape index (κ3) is 3.82. The van der Waals surface area contributed by atoms with Gasteiger partial charge in [-0.25, -0.2) is 0 Å². The number of carbonyl (C=O) groups is 1. The second kappa shape index (κ2) is 8.22. The Morgan fingerprint density at radius 1 is 0.969 bits per heavy atom. The van der Waals surface area contributed by atoms with Gasteiger partial charge in [-0.05, 0) is 44.2 Å². The summed E-state index contributed by atoms with van der Waals surface area (Å²) in [4.78, 5) is 12.7. The van der Waals surface area contributed by atoms with Crippen molar-refractivity contribution in [1.29, 1.82) is 0 Å². The number of rotatable bonds is 5. The number of anilines is 1. The van der Waals surface area contributed by atoms with E-state index in [1.165, 1.54) is 0 Å². The van der Waals surface area contributed by atoms with Gasteiger partial charge in [-0.2, -0.15) is 0 Å². The number of aryl methyl sites for hydroxylation is 1. The van der Waals surface area contributed by atoms with Crippen molar-refractivity contribution in [2.24, 2.45) is 0 Å². The Balaban J connectivity index is 1.33. The molecule has 1 aliphatic heterocycles. The molecule has 0 unspecified atom stereocenters. The summed E-state index contributed by atoms with van der Waals surface area (Å²) < 4.78 is 18.9. The summed E-state index contributed by atoms with van der Waals surface area (Å²) in [6.45, 7) is 5.07. The molecule has 4 aromatic rings. The highest BCUT2D eigenvalue weighted by Crippen LogP contribution is 2.33. The van der Waals surface area contributed by atoms with E-state index in [-0.39, 0.29) is 12.5 Å². The maximum absolute atomic E-state index is 12.7. The summed E-state index contributed by atoms with van der Waals surface area (Å²) in [5, 5.41) is 11.3. The van der Waals surface area contributed by atoms with E-state index in [2.05, 4.69) is 15.5 Å². The fourth-order valence-corrected chi connectivity index (χ4v) is 3.76. The largest absolute Gasteiger partial charge is 0.486 e. The summed E-state index contributed by atoms with van der Waals surface area (Å²) in [5.41, 5.74) is 4.13. The van der Waals surface area contributed by atoms with Crippen LogP contribution in [0.25, 0.3) is 22.9 Å². The Hall–Kier alpha value is -4.07. The number of nitrogens with one attached hydrogen (secondary N) is 1. The van der Waals surface area contributed by atoms with Crippen LogP contribution in [0.5, 0.6) is 11.5 Å². The minimum absolute atomic E-state index is 0.148. The zero-order valence-corrected chi connectivity index (χ0v) is 17.8. The summed E-state index contributed by atoms with van der Waals surface area (Å²) in [6.07, 6.45) is 0. The first kappa shape index (κ1) is 19.9. The molecule has 0 fully saturated rings. The first-order chi connectivity index (χ1) is 15.6. The van der Waals surface area contributed by atoms with E-state index < -0.39 is 0 Å². The normalized spacial score (nSPS) is 12.6. The lowest BCUT2D eigenvalue weighted by Gasteiger charge is -2.19.